The number of halogens is 1. The zero-order chi connectivity index (χ0) is 21.8. The van der Waals surface area contributed by atoms with Crippen LogP contribution in [0.1, 0.15) is 41.6 Å². The second-order valence-corrected chi connectivity index (χ2v) is 10.2. The summed E-state index contributed by atoms with van der Waals surface area (Å²) in [5.74, 6) is -0.0175. The number of rotatable bonds is 7. The van der Waals surface area contributed by atoms with E-state index in [9.17, 15) is 4.79 Å². The number of para-hydroxylation sites is 1. The number of anilines is 1. The molecule has 0 saturated carbocycles. The standard InChI is InChI=1S/C23H23BrN4OS2/c1-2-15-7-3-4-8-16(15)26-20(29)12-14-28-22(18-10-11-19(24)31-18)21(27-23(28)30)17-9-5-6-13-25-17/h3-11,13,21-22H,2,12,14H2,1H3,(H,26,29)(H,27,30)/t21-,22+/m0/s1. The Labute approximate surface area is 200 Å². The van der Waals surface area contributed by atoms with Crippen LogP contribution in [0.25, 0.3) is 0 Å². The molecule has 5 nitrogen and oxygen atoms in total. The molecule has 1 saturated heterocycles. The van der Waals surface area contributed by atoms with Gasteiger partial charge in [-0.15, -0.1) is 11.3 Å². The van der Waals surface area contributed by atoms with Crippen molar-refractivity contribution in [3.63, 3.8) is 0 Å². The van der Waals surface area contributed by atoms with Crippen molar-refractivity contribution in [1.82, 2.24) is 15.2 Å². The zero-order valence-electron chi connectivity index (χ0n) is 17.0. The van der Waals surface area contributed by atoms with E-state index >= 15 is 0 Å². The molecule has 0 unspecified atom stereocenters. The number of thiocarbonyl (C=S) groups is 1. The summed E-state index contributed by atoms with van der Waals surface area (Å²) in [7, 11) is 0. The van der Waals surface area contributed by atoms with Crippen LogP contribution < -0.4 is 10.6 Å². The first-order valence-electron chi connectivity index (χ1n) is 10.2. The minimum absolute atomic E-state index is 0.0175. The Balaban J connectivity index is 1.52. The van der Waals surface area contributed by atoms with Gasteiger partial charge >= 0.3 is 0 Å². The minimum Gasteiger partial charge on any atom is -0.352 e. The normalized spacial score (nSPS) is 18.1. The van der Waals surface area contributed by atoms with Crippen LogP contribution in [0, 0.1) is 0 Å². The number of pyridine rings is 1. The molecule has 0 bridgehead atoms. The van der Waals surface area contributed by atoms with E-state index in [1.54, 1.807) is 17.5 Å². The van der Waals surface area contributed by atoms with Gasteiger partial charge in [-0.05, 0) is 70.5 Å². The quantitative estimate of drug-likeness (QED) is 0.409. The Bertz CT molecular complexity index is 1070. The van der Waals surface area contributed by atoms with Gasteiger partial charge in [0.2, 0.25) is 5.91 Å². The fourth-order valence-corrected chi connectivity index (χ4v) is 5.73. The third-order valence-electron chi connectivity index (χ3n) is 5.34. The van der Waals surface area contributed by atoms with Gasteiger partial charge in [-0.3, -0.25) is 9.78 Å². The number of hydrogen-bond acceptors (Lipinski definition) is 4. The minimum atomic E-state index is -0.0665. The van der Waals surface area contributed by atoms with Crippen molar-refractivity contribution in [3.05, 3.63) is 80.7 Å². The Morgan fingerprint density at radius 1 is 1.23 bits per heavy atom. The molecule has 160 valence electrons. The summed E-state index contributed by atoms with van der Waals surface area (Å²) in [6, 6.07) is 17.9. The lowest BCUT2D eigenvalue weighted by atomic mass is 10.0. The summed E-state index contributed by atoms with van der Waals surface area (Å²) in [4.78, 5) is 20.6. The van der Waals surface area contributed by atoms with Crippen LogP contribution in [0.3, 0.4) is 0 Å². The highest BCUT2D eigenvalue weighted by atomic mass is 79.9. The van der Waals surface area contributed by atoms with E-state index in [1.807, 2.05) is 48.5 Å². The van der Waals surface area contributed by atoms with E-state index in [0.29, 0.717) is 18.1 Å². The number of nitrogens with zero attached hydrogens (tertiary/aromatic N) is 2. The molecule has 2 aromatic heterocycles. The van der Waals surface area contributed by atoms with E-state index in [4.69, 9.17) is 12.2 Å². The number of carbonyl (C=O) groups excluding carboxylic acids is 1. The van der Waals surface area contributed by atoms with E-state index in [1.165, 1.54) is 4.88 Å². The smallest absolute Gasteiger partial charge is 0.226 e. The third-order valence-corrected chi connectivity index (χ3v) is 7.38. The lowest BCUT2D eigenvalue weighted by molar-refractivity contribution is -0.116. The zero-order valence-corrected chi connectivity index (χ0v) is 20.3. The van der Waals surface area contributed by atoms with Crippen molar-refractivity contribution in [3.8, 4) is 0 Å². The predicted molar refractivity (Wildman–Crippen MR) is 133 cm³/mol. The topological polar surface area (TPSA) is 57.3 Å². The molecular weight excluding hydrogens is 492 g/mol. The molecule has 0 radical (unpaired) electrons. The molecule has 2 N–H and O–H groups in total. The first-order valence-corrected chi connectivity index (χ1v) is 12.2. The number of aromatic nitrogens is 1. The van der Waals surface area contributed by atoms with Crippen molar-refractivity contribution >= 4 is 56.2 Å². The van der Waals surface area contributed by atoms with Gasteiger partial charge in [-0.1, -0.05) is 31.2 Å². The molecule has 0 spiro atoms. The monoisotopic (exact) mass is 514 g/mol. The average Bonchev–Trinajstić information content (AvgIpc) is 3.35. The lowest BCUT2D eigenvalue weighted by Crippen LogP contribution is -2.32. The maximum Gasteiger partial charge on any atom is 0.226 e. The molecule has 1 aliphatic rings. The molecule has 3 aromatic rings. The Kier molecular flexibility index (Phi) is 6.99. The first kappa shape index (κ1) is 21.9. The molecule has 31 heavy (non-hydrogen) atoms. The summed E-state index contributed by atoms with van der Waals surface area (Å²) in [6.07, 6.45) is 3.01. The van der Waals surface area contributed by atoms with Gasteiger partial charge in [0.25, 0.3) is 0 Å². The van der Waals surface area contributed by atoms with Crippen LogP contribution >= 0.6 is 39.5 Å². The van der Waals surface area contributed by atoms with Gasteiger partial charge in [-0.2, -0.15) is 0 Å². The lowest BCUT2D eigenvalue weighted by Gasteiger charge is -2.26. The second kappa shape index (κ2) is 9.89. The van der Waals surface area contributed by atoms with Crippen molar-refractivity contribution in [1.29, 1.82) is 0 Å². The average molecular weight is 516 g/mol. The molecule has 8 heteroatoms. The molecule has 1 amide bonds. The number of benzene rings is 1. The second-order valence-electron chi connectivity index (χ2n) is 7.27. The fourth-order valence-electron chi connectivity index (χ4n) is 3.83. The number of aryl methyl sites for hydroxylation is 1. The van der Waals surface area contributed by atoms with Gasteiger partial charge in [-0.25, -0.2) is 0 Å². The predicted octanol–water partition coefficient (Wildman–Crippen LogP) is 5.47. The van der Waals surface area contributed by atoms with Gasteiger partial charge in [0.15, 0.2) is 5.11 Å². The third kappa shape index (κ3) is 4.97. The first-order chi connectivity index (χ1) is 15.1. The van der Waals surface area contributed by atoms with Crippen molar-refractivity contribution < 1.29 is 4.79 Å². The molecule has 3 heterocycles. The highest BCUT2D eigenvalue weighted by Crippen LogP contribution is 2.42. The highest BCUT2D eigenvalue weighted by molar-refractivity contribution is 9.11. The highest BCUT2D eigenvalue weighted by Gasteiger charge is 2.40. The van der Waals surface area contributed by atoms with Crippen LogP contribution in [0.15, 0.2) is 64.6 Å². The van der Waals surface area contributed by atoms with Crippen LogP contribution in [0.4, 0.5) is 5.69 Å². The van der Waals surface area contributed by atoms with Crippen LogP contribution in [-0.4, -0.2) is 27.4 Å². The maximum absolute atomic E-state index is 12.7. The van der Waals surface area contributed by atoms with Crippen LogP contribution in [0.2, 0.25) is 0 Å². The van der Waals surface area contributed by atoms with Gasteiger partial charge in [0.05, 0.1) is 21.6 Å². The van der Waals surface area contributed by atoms with Crippen molar-refractivity contribution in [2.75, 3.05) is 11.9 Å². The maximum atomic E-state index is 12.7. The molecule has 1 aromatic carbocycles. The molecule has 1 fully saturated rings. The largest absolute Gasteiger partial charge is 0.352 e. The van der Waals surface area contributed by atoms with Crippen molar-refractivity contribution in [2.45, 2.75) is 31.8 Å². The summed E-state index contributed by atoms with van der Waals surface area (Å²) in [5, 5.41) is 7.12. The summed E-state index contributed by atoms with van der Waals surface area (Å²) >= 11 is 10.9. The van der Waals surface area contributed by atoms with Gasteiger partial charge in [0.1, 0.15) is 0 Å². The number of thiophene rings is 1. The number of nitrogens with one attached hydrogen (secondary N) is 2. The summed E-state index contributed by atoms with van der Waals surface area (Å²) in [6.45, 7) is 2.61. The number of carbonyl (C=O) groups is 1. The van der Waals surface area contributed by atoms with E-state index in [0.717, 1.165) is 27.2 Å². The SMILES string of the molecule is CCc1ccccc1NC(=O)CCN1C(=S)N[C@@H](c2ccccn2)[C@H]1c1ccc(Br)s1. The van der Waals surface area contributed by atoms with Gasteiger partial charge in [0, 0.05) is 29.7 Å². The van der Waals surface area contributed by atoms with Crippen molar-refractivity contribution in [2.24, 2.45) is 0 Å². The van der Waals surface area contributed by atoms with E-state index in [-0.39, 0.29) is 18.0 Å². The Hall–Kier alpha value is -2.29. The number of amides is 1. The van der Waals surface area contributed by atoms with E-state index in [2.05, 4.69) is 49.4 Å². The van der Waals surface area contributed by atoms with Crippen LogP contribution in [0.5, 0.6) is 0 Å². The molecular formula is C23H23BrN4OS2. The Morgan fingerprint density at radius 3 is 2.74 bits per heavy atom. The summed E-state index contributed by atoms with van der Waals surface area (Å²) < 4.78 is 1.06. The van der Waals surface area contributed by atoms with Gasteiger partial charge < -0.3 is 15.5 Å². The fraction of sp³-hybridized carbons (Fsp3) is 0.261. The molecule has 2 atom stereocenters. The number of hydrogen-bond donors (Lipinski definition) is 2. The molecule has 1 aliphatic heterocycles. The van der Waals surface area contributed by atoms with Crippen LogP contribution in [-0.2, 0) is 11.2 Å². The molecule has 4 rings (SSSR count). The Morgan fingerprint density at radius 2 is 2.03 bits per heavy atom. The van der Waals surface area contributed by atoms with E-state index < -0.39 is 0 Å². The summed E-state index contributed by atoms with van der Waals surface area (Å²) in [5.41, 5.74) is 2.94. The molecule has 0 aliphatic carbocycles.